The van der Waals surface area contributed by atoms with Gasteiger partial charge in [-0.1, -0.05) is 0 Å². The third-order valence-electron chi connectivity index (χ3n) is 0.352. The number of aliphatic carboxylic acids is 4. The Labute approximate surface area is 132 Å². The van der Waals surface area contributed by atoms with Gasteiger partial charge in [-0.3, -0.25) is 34.1 Å². The Kier molecular flexibility index (Phi) is 33.6. The number of amides is 2. The van der Waals surface area contributed by atoms with E-state index in [1.807, 2.05) is 5.32 Å². The zero-order valence-corrected chi connectivity index (χ0v) is 13.7. The molecular weight excluding hydrogens is 318 g/mol. The zero-order valence-electron chi connectivity index (χ0n) is 13.7. The Balaban J connectivity index is -0.0000000604. The van der Waals surface area contributed by atoms with Crippen molar-refractivity contribution < 1.29 is 49.2 Å². The van der Waals surface area contributed by atoms with Crippen LogP contribution < -0.4 is 5.32 Å². The molecule has 0 aliphatic carbocycles. The molecule has 0 fully saturated rings. The van der Waals surface area contributed by atoms with E-state index in [9.17, 15) is 9.59 Å². The van der Waals surface area contributed by atoms with Crippen molar-refractivity contribution in [2.24, 2.45) is 0 Å². The van der Waals surface area contributed by atoms with Gasteiger partial charge in [-0.15, -0.1) is 0 Å². The average molecular weight is 341 g/mol. The van der Waals surface area contributed by atoms with Crippen LogP contribution in [0.4, 0.5) is 0 Å². The lowest BCUT2D eigenvalue weighted by molar-refractivity contribution is -0.135. The summed E-state index contributed by atoms with van der Waals surface area (Å²) in [7, 11) is 0. The van der Waals surface area contributed by atoms with Gasteiger partial charge < -0.3 is 20.4 Å². The lowest BCUT2D eigenvalue weighted by Crippen LogP contribution is -2.24. The molecule has 23 heavy (non-hydrogen) atoms. The van der Waals surface area contributed by atoms with Crippen LogP contribution >= 0.6 is 0 Å². The van der Waals surface area contributed by atoms with Crippen LogP contribution in [0.5, 0.6) is 0 Å². The molecular formula is C12H23NO10. The third kappa shape index (κ3) is 5300. The molecule has 0 atom stereocenters. The Morgan fingerprint density at radius 1 is 0.478 bits per heavy atom. The lowest BCUT2D eigenvalue weighted by Gasteiger charge is -1.88. The highest BCUT2D eigenvalue weighted by molar-refractivity contribution is 5.92. The van der Waals surface area contributed by atoms with E-state index >= 15 is 0 Å². The summed E-state index contributed by atoms with van der Waals surface area (Å²) >= 11 is 0. The minimum absolute atomic E-state index is 0.312. The number of carboxylic acids is 4. The first-order chi connectivity index (χ1) is 10.1. The molecule has 0 bridgehead atoms. The Morgan fingerprint density at radius 3 is 0.565 bits per heavy atom. The van der Waals surface area contributed by atoms with Crippen LogP contribution in [0.15, 0.2) is 0 Å². The molecule has 0 aromatic rings. The predicted octanol–water partition coefficient (Wildman–Crippen LogP) is 0.0326. The van der Waals surface area contributed by atoms with Crippen LogP contribution in [0.3, 0.4) is 0 Å². The first-order valence-corrected chi connectivity index (χ1v) is 5.62. The van der Waals surface area contributed by atoms with Crippen LogP contribution in [0.1, 0.15) is 41.5 Å². The largest absolute Gasteiger partial charge is 0.481 e. The topological polar surface area (TPSA) is 195 Å². The molecule has 2 amide bonds. The van der Waals surface area contributed by atoms with E-state index in [0.717, 1.165) is 27.7 Å². The van der Waals surface area contributed by atoms with E-state index in [-0.39, 0.29) is 11.8 Å². The quantitative estimate of drug-likeness (QED) is 0.401. The second-order valence-electron chi connectivity index (χ2n) is 3.31. The Hall–Kier alpha value is -2.98. The smallest absolute Gasteiger partial charge is 0.300 e. The van der Waals surface area contributed by atoms with Crippen molar-refractivity contribution in [3.05, 3.63) is 0 Å². The molecule has 0 unspecified atom stereocenters. The summed E-state index contributed by atoms with van der Waals surface area (Å²) in [6, 6.07) is 0. The van der Waals surface area contributed by atoms with Gasteiger partial charge in [-0.25, -0.2) is 0 Å². The molecule has 0 rings (SSSR count). The van der Waals surface area contributed by atoms with Crippen LogP contribution in [0.25, 0.3) is 0 Å². The highest BCUT2D eigenvalue weighted by atomic mass is 16.4. The summed E-state index contributed by atoms with van der Waals surface area (Å²) in [6.45, 7) is 6.92. The summed E-state index contributed by atoms with van der Waals surface area (Å²) in [5.41, 5.74) is 0. The number of carbonyl (C=O) groups is 6. The fraction of sp³-hybridized carbons (Fsp3) is 0.500. The number of hydrogen-bond acceptors (Lipinski definition) is 6. The molecule has 0 aliphatic heterocycles. The molecule has 5 N–H and O–H groups in total. The van der Waals surface area contributed by atoms with Crippen molar-refractivity contribution in [2.75, 3.05) is 0 Å². The zero-order chi connectivity index (χ0) is 20.2. The summed E-state index contributed by atoms with van der Waals surface area (Å²) in [4.78, 5) is 55.8. The van der Waals surface area contributed by atoms with Crippen LogP contribution in [0, 0.1) is 0 Å². The van der Waals surface area contributed by atoms with E-state index in [4.69, 9.17) is 39.6 Å². The van der Waals surface area contributed by atoms with Crippen molar-refractivity contribution in [1.29, 1.82) is 0 Å². The average Bonchev–Trinajstić information content (AvgIpc) is 2.09. The fourth-order valence-electron chi connectivity index (χ4n) is 0.248. The number of rotatable bonds is 0. The maximum Gasteiger partial charge on any atom is 0.300 e. The Bertz CT molecular complexity index is 313. The van der Waals surface area contributed by atoms with Crippen molar-refractivity contribution in [1.82, 2.24) is 5.32 Å². The molecule has 0 saturated heterocycles. The molecule has 0 radical (unpaired) electrons. The predicted molar refractivity (Wildman–Crippen MR) is 77.7 cm³/mol. The normalized spacial score (nSPS) is 6.70. The van der Waals surface area contributed by atoms with Gasteiger partial charge in [0.2, 0.25) is 11.8 Å². The van der Waals surface area contributed by atoms with Gasteiger partial charge in [0.25, 0.3) is 23.9 Å². The van der Waals surface area contributed by atoms with Gasteiger partial charge >= 0.3 is 0 Å². The molecule has 0 heterocycles. The molecule has 0 saturated carbocycles. The monoisotopic (exact) mass is 341 g/mol. The highest BCUT2D eigenvalue weighted by Gasteiger charge is 1.90. The van der Waals surface area contributed by atoms with Crippen LogP contribution in [-0.2, 0) is 28.8 Å². The van der Waals surface area contributed by atoms with Gasteiger partial charge in [-0.05, 0) is 0 Å². The van der Waals surface area contributed by atoms with E-state index in [1.54, 1.807) is 0 Å². The van der Waals surface area contributed by atoms with E-state index in [0.29, 0.717) is 0 Å². The number of nitrogens with one attached hydrogen (secondary N) is 1. The molecule has 0 aliphatic rings. The Morgan fingerprint density at radius 2 is 0.565 bits per heavy atom. The van der Waals surface area contributed by atoms with Gasteiger partial charge in [-0.2, -0.15) is 0 Å². The number of carbonyl (C=O) groups excluding carboxylic acids is 2. The lowest BCUT2D eigenvalue weighted by atomic mass is 10.6. The molecule has 0 aromatic carbocycles. The molecule has 11 nitrogen and oxygen atoms in total. The maximum atomic E-state index is 9.92. The summed E-state index contributed by atoms with van der Waals surface area (Å²) in [5.74, 6) is -3.96. The second kappa shape index (κ2) is 24.1. The summed E-state index contributed by atoms with van der Waals surface area (Å²) in [6.07, 6.45) is 0. The van der Waals surface area contributed by atoms with Crippen LogP contribution in [-0.4, -0.2) is 56.1 Å². The fourth-order valence-corrected chi connectivity index (χ4v) is 0.248. The molecule has 136 valence electrons. The number of hydrogen-bond donors (Lipinski definition) is 5. The van der Waals surface area contributed by atoms with Crippen molar-refractivity contribution in [3.63, 3.8) is 0 Å². The summed E-state index contributed by atoms with van der Waals surface area (Å²) in [5, 5.41) is 31.7. The van der Waals surface area contributed by atoms with E-state index < -0.39 is 23.9 Å². The van der Waals surface area contributed by atoms with Crippen molar-refractivity contribution in [2.45, 2.75) is 41.5 Å². The minimum Gasteiger partial charge on any atom is -0.481 e. The standard InChI is InChI=1S/C4H7NO2.4C2H4O2/c1-3(6)5-4(2)7;4*1-2(3)4/h1-2H3,(H,5,6,7);4*1H3,(H,3,4). The number of imide groups is 1. The molecule has 11 heteroatoms. The second-order valence-corrected chi connectivity index (χ2v) is 3.31. The van der Waals surface area contributed by atoms with Gasteiger partial charge in [0.1, 0.15) is 0 Å². The first kappa shape index (κ1) is 32.1. The van der Waals surface area contributed by atoms with Gasteiger partial charge in [0.05, 0.1) is 0 Å². The third-order valence-corrected chi connectivity index (χ3v) is 0.352. The first-order valence-electron chi connectivity index (χ1n) is 5.62. The van der Waals surface area contributed by atoms with Gasteiger partial charge in [0, 0.05) is 41.5 Å². The summed E-state index contributed by atoms with van der Waals surface area (Å²) < 4.78 is 0. The van der Waals surface area contributed by atoms with E-state index in [2.05, 4.69) is 0 Å². The van der Waals surface area contributed by atoms with Crippen molar-refractivity contribution >= 4 is 35.7 Å². The van der Waals surface area contributed by atoms with E-state index in [1.165, 1.54) is 13.8 Å². The van der Waals surface area contributed by atoms with Crippen LogP contribution in [0.2, 0.25) is 0 Å². The maximum absolute atomic E-state index is 9.92. The van der Waals surface area contributed by atoms with Crippen molar-refractivity contribution in [3.8, 4) is 0 Å². The van der Waals surface area contributed by atoms with Gasteiger partial charge in [0.15, 0.2) is 0 Å². The molecule has 0 aromatic heterocycles. The minimum atomic E-state index is -0.833. The molecule has 0 spiro atoms. The highest BCUT2D eigenvalue weighted by Crippen LogP contribution is 1.58. The number of carboxylic acid groups (broad SMARTS) is 4. The SMILES string of the molecule is CC(=O)NC(C)=O.CC(=O)O.CC(=O)O.CC(=O)O.CC(=O)O.